The highest BCUT2D eigenvalue weighted by atomic mass is 32.2. The molecule has 4 rings (SSSR count). The Labute approximate surface area is 176 Å². The van der Waals surface area contributed by atoms with Crippen LogP contribution in [0.15, 0.2) is 24.3 Å². The van der Waals surface area contributed by atoms with Crippen LogP contribution >= 0.6 is 0 Å². The van der Waals surface area contributed by atoms with E-state index < -0.39 is 33.9 Å². The molecule has 1 N–H and O–H groups in total. The second-order valence-corrected chi connectivity index (χ2v) is 10.7. The topological polar surface area (TPSA) is 102 Å². The summed E-state index contributed by atoms with van der Waals surface area (Å²) in [5.74, 6) is -1.07. The zero-order valence-corrected chi connectivity index (χ0v) is 17.9. The van der Waals surface area contributed by atoms with Crippen molar-refractivity contribution in [1.82, 2.24) is 10.3 Å². The fraction of sp³-hybridized carbons (Fsp3) is 0.500. The number of carbonyl (C=O) groups excluding carboxylic acids is 2. The van der Waals surface area contributed by atoms with Crippen LogP contribution in [0.2, 0.25) is 0 Å². The molecule has 8 heteroatoms. The Balaban J connectivity index is 1.53. The Hall–Kier alpha value is -2.48. The SMILES string of the molecule is CC1(NC(=O)COC(=O)c2c3c(nc4ccccc24)CCCCC3)CCS(=O)(=O)C1. The summed E-state index contributed by atoms with van der Waals surface area (Å²) >= 11 is 0. The van der Waals surface area contributed by atoms with E-state index in [-0.39, 0.29) is 11.5 Å². The van der Waals surface area contributed by atoms with Crippen LogP contribution in [0.5, 0.6) is 0 Å². The summed E-state index contributed by atoms with van der Waals surface area (Å²) in [6, 6.07) is 7.48. The second-order valence-electron chi connectivity index (χ2n) is 8.52. The molecular weight excluding hydrogens is 404 g/mol. The van der Waals surface area contributed by atoms with Crippen LogP contribution in [-0.2, 0) is 32.2 Å². The van der Waals surface area contributed by atoms with Gasteiger partial charge in [-0.1, -0.05) is 24.6 Å². The van der Waals surface area contributed by atoms with E-state index in [4.69, 9.17) is 9.72 Å². The highest BCUT2D eigenvalue weighted by Gasteiger charge is 2.39. The van der Waals surface area contributed by atoms with E-state index >= 15 is 0 Å². The van der Waals surface area contributed by atoms with Gasteiger partial charge < -0.3 is 10.1 Å². The first-order valence-corrected chi connectivity index (χ1v) is 12.2. The Bertz CT molecular complexity index is 1110. The number of hydrogen-bond acceptors (Lipinski definition) is 6. The maximum absolute atomic E-state index is 13.0. The fourth-order valence-electron chi connectivity index (χ4n) is 4.47. The lowest BCUT2D eigenvalue weighted by Crippen LogP contribution is -2.48. The lowest BCUT2D eigenvalue weighted by Gasteiger charge is -2.23. The number of pyridine rings is 1. The molecule has 1 fully saturated rings. The van der Waals surface area contributed by atoms with Gasteiger partial charge in [0.15, 0.2) is 16.4 Å². The number of nitrogens with zero attached hydrogens (tertiary/aromatic N) is 1. The largest absolute Gasteiger partial charge is 0.452 e. The number of nitrogens with one attached hydrogen (secondary N) is 1. The molecule has 2 heterocycles. The van der Waals surface area contributed by atoms with Gasteiger partial charge in [0.25, 0.3) is 5.91 Å². The number of esters is 1. The van der Waals surface area contributed by atoms with E-state index in [1.807, 2.05) is 24.3 Å². The van der Waals surface area contributed by atoms with Gasteiger partial charge in [0.05, 0.1) is 28.1 Å². The predicted molar refractivity (Wildman–Crippen MR) is 113 cm³/mol. The van der Waals surface area contributed by atoms with Crippen molar-refractivity contribution < 1.29 is 22.7 Å². The molecule has 1 aromatic heterocycles. The number of rotatable bonds is 4. The molecule has 1 aliphatic carbocycles. The zero-order valence-electron chi connectivity index (χ0n) is 17.1. The molecule has 1 aliphatic heterocycles. The first-order chi connectivity index (χ1) is 14.3. The van der Waals surface area contributed by atoms with E-state index in [1.54, 1.807) is 6.92 Å². The number of aryl methyl sites for hydroxylation is 1. The van der Waals surface area contributed by atoms with E-state index in [9.17, 15) is 18.0 Å². The fourth-order valence-corrected chi connectivity index (χ4v) is 6.56. The molecule has 2 aromatic rings. The lowest BCUT2D eigenvalue weighted by atomic mass is 9.97. The van der Waals surface area contributed by atoms with Gasteiger partial charge >= 0.3 is 5.97 Å². The molecule has 2 aliphatic rings. The number of carbonyl (C=O) groups is 2. The smallest absolute Gasteiger partial charge is 0.339 e. The quantitative estimate of drug-likeness (QED) is 0.590. The van der Waals surface area contributed by atoms with Gasteiger partial charge in [0, 0.05) is 11.1 Å². The highest BCUT2D eigenvalue weighted by Crippen LogP contribution is 2.29. The summed E-state index contributed by atoms with van der Waals surface area (Å²) in [7, 11) is -3.14. The van der Waals surface area contributed by atoms with Crippen molar-refractivity contribution in [2.24, 2.45) is 0 Å². The van der Waals surface area contributed by atoms with Gasteiger partial charge in [-0.2, -0.15) is 0 Å². The maximum atomic E-state index is 13.0. The normalized spacial score (nSPS) is 22.8. The van der Waals surface area contributed by atoms with E-state index in [0.717, 1.165) is 54.3 Å². The maximum Gasteiger partial charge on any atom is 0.339 e. The minimum absolute atomic E-state index is 0.0543. The monoisotopic (exact) mass is 430 g/mol. The molecular formula is C22H26N2O5S. The van der Waals surface area contributed by atoms with E-state index in [2.05, 4.69) is 5.32 Å². The molecule has 0 radical (unpaired) electrons. The molecule has 160 valence electrons. The van der Waals surface area contributed by atoms with Crippen LogP contribution in [0.3, 0.4) is 0 Å². The number of amides is 1. The lowest BCUT2D eigenvalue weighted by molar-refractivity contribution is -0.125. The molecule has 1 unspecified atom stereocenters. The molecule has 0 bridgehead atoms. The third-order valence-electron chi connectivity index (χ3n) is 5.90. The van der Waals surface area contributed by atoms with E-state index in [1.165, 1.54) is 0 Å². The molecule has 30 heavy (non-hydrogen) atoms. The predicted octanol–water partition coefficient (Wildman–Crippen LogP) is 2.35. The Morgan fingerprint density at radius 2 is 1.93 bits per heavy atom. The van der Waals surface area contributed by atoms with Crippen LogP contribution < -0.4 is 5.32 Å². The summed E-state index contributed by atoms with van der Waals surface area (Å²) in [6.07, 6.45) is 5.06. The molecule has 1 amide bonds. The Kier molecular flexibility index (Phi) is 5.53. The van der Waals surface area contributed by atoms with Gasteiger partial charge in [0.1, 0.15) is 0 Å². The molecule has 1 atom stereocenters. The number of sulfone groups is 1. The summed E-state index contributed by atoms with van der Waals surface area (Å²) in [6.45, 7) is 1.26. The number of fused-ring (bicyclic) bond motifs is 2. The molecule has 1 aromatic carbocycles. The van der Waals surface area contributed by atoms with E-state index in [0.29, 0.717) is 12.0 Å². The first-order valence-electron chi connectivity index (χ1n) is 10.4. The number of hydrogen-bond donors (Lipinski definition) is 1. The van der Waals surface area contributed by atoms with Crippen LogP contribution in [0.4, 0.5) is 0 Å². The third kappa shape index (κ3) is 4.33. The molecule has 0 saturated carbocycles. The number of ether oxygens (including phenoxy) is 1. The van der Waals surface area contributed by atoms with Crippen molar-refractivity contribution >= 4 is 32.6 Å². The summed E-state index contributed by atoms with van der Waals surface area (Å²) in [4.78, 5) is 30.2. The summed E-state index contributed by atoms with van der Waals surface area (Å²) in [5, 5.41) is 3.45. The average Bonchev–Trinajstić information content (AvgIpc) is 2.84. The van der Waals surface area contributed by atoms with Gasteiger partial charge in [-0.25, -0.2) is 13.2 Å². The minimum atomic E-state index is -3.14. The van der Waals surface area contributed by atoms with Gasteiger partial charge in [-0.3, -0.25) is 9.78 Å². The molecule has 0 spiro atoms. The van der Waals surface area contributed by atoms with Crippen LogP contribution in [-0.4, -0.2) is 48.9 Å². The zero-order chi connectivity index (χ0) is 21.4. The Morgan fingerprint density at radius 1 is 1.17 bits per heavy atom. The van der Waals surface area contributed by atoms with Crippen LogP contribution in [0, 0.1) is 0 Å². The average molecular weight is 431 g/mol. The van der Waals surface area contributed by atoms with Gasteiger partial charge in [0.2, 0.25) is 0 Å². The van der Waals surface area contributed by atoms with Gasteiger partial charge in [-0.05, 0) is 50.7 Å². The van der Waals surface area contributed by atoms with Crippen molar-refractivity contribution in [3.63, 3.8) is 0 Å². The van der Waals surface area contributed by atoms with Gasteiger partial charge in [-0.15, -0.1) is 0 Å². The highest BCUT2D eigenvalue weighted by molar-refractivity contribution is 7.91. The minimum Gasteiger partial charge on any atom is -0.452 e. The molecule has 7 nitrogen and oxygen atoms in total. The van der Waals surface area contributed by atoms with Crippen LogP contribution in [0.1, 0.15) is 54.2 Å². The molecule has 1 saturated heterocycles. The summed E-state index contributed by atoms with van der Waals surface area (Å²) < 4.78 is 28.8. The number of benzene rings is 1. The van der Waals surface area contributed by atoms with Crippen molar-refractivity contribution in [1.29, 1.82) is 0 Å². The first kappa shape index (κ1) is 20.8. The number of para-hydroxylation sites is 1. The van der Waals surface area contributed by atoms with Crippen molar-refractivity contribution in [3.05, 3.63) is 41.1 Å². The van der Waals surface area contributed by atoms with Crippen molar-refractivity contribution in [2.45, 2.75) is 51.0 Å². The van der Waals surface area contributed by atoms with Crippen LogP contribution in [0.25, 0.3) is 10.9 Å². The summed E-state index contributed by atoms with van der Waals surface area (Å²) in [5.41, 5.74) is 2.29. The van der Waals surface area contributed by atoms with Crippen molar-refractivity contribution in [3.8, 4) is 0 Å². The number of aromatic nitrogens is 1. The standard InChI is InChI=1S/C22H26N2O5S/c1-22(11-12-30(27,28)14-22)24-19(25)13-29-21(26)20-15-7-3-2-4-9-17(15)23-18-10-6-5-8-16(18)20/h5-6,8,10H,2-4,7,9,11-14H2,1H3,(H,24,25). The third-order valence-corrected chi connectivity index (χ3v) is 7.81. The Morgan fingerprint density at radius 3 is 2.70 bits per heavy atom. The second kappa shape index (κ2) is 7.98. The van der Waals surface area contributed by atoms with Crippen molar-refractivity contribution in [2.75, 3.05) is 18.1 Å².